The minimum atomic E-state index is -0.0769. The lowest BCUT2D eigenvalue weighted by molar-refractivity contribution is 0.0953. The fourth-order valence-corrected chi connectivity index (χ4v) is 5.34. The summed E-state index contributed by atoms with van der Waals surface area (Å²) in [5.74, 6) is -0.0769. The molecule has 0 bridgehead atoms. The van der Waals surface area contributed by atoms with Crippen LogP contribution in [0.15, 0.2) is 63.3 Å². The molecule has 29 heavy (non-hydrogen) atoms. The van der Waals surface area contributed by atoms with E-state index in [4.69, 9.17) is 28.2 Å². The van der Waals surface area contributed by atoms with Crippen LogP contribution in [0.4, 0.5) is 5.69 Å². The molecule has 1 amide bonds. The number of fused-ring (bicyclic) bond motifs is 2. The molecule has 3 aromatic rings. The van der Waals surface area contributed by atoms with Crippen LogP contribution in [0.5, 0.6) is 0 Å². The minimum Gasteiger partial charge on any atom is -0.352 e. The van der Waals surface area contributed by atoms with E-state index < -0.39 is 0 Å². The lowest BCUT2D eigenvalue weighted by atomic mass is 10.1. The fourth-order valence-electron chi connectivity index (χ4n) is 3.02. The Labute approximate surface area is 188 Å². The third kappa shape index (κ3) is 4.53. The van der Waals surface area contributed by atoms with Crippen LogP contribution in [-0.2, 0) is 0 Å². The first-order valence-corrected chi connectivity index (χ1v) is 11.7. The quantitative estimate of drug-likeness (QED) is 0.319. The molecule has 0 spiro atoms. The van der Waals surface area contributed by atoms with Gasteiger partial charge in [0, 0.05) is 32.5 Å². The zero-order valence-electron chi connectivity index (χ0n) is 15.7. The molecule has 3 nitrogen and oxygen atoms in total. The molecule has 7 heteroatoms. The molecule has 2 heterocycles. The highest BCUT2D eigenvalue weighted by molar-refractivity contribution is 7.99. The van der Waals surface area contributed by atoms with Crippen LogP contribution in [-0.4, -0.2) is 18.2 Å². The lowest BCUT2D eigenvalue weighted by Crippen LogP contribution is -2.24. The van der Waals surface area contributed by atoms with Crippen molar-refractivity contribution in [2.75, 3.05) is 6.54 Å². The number of amides is 1. The van der Waals surface area contributed by atoms with Crippen LogP contribution in [0.2, 0.25) is 9.36 Å². The summed E-state index contributed by atoms with van der Waals surface area (Å²) >= 11 is 15.5. The van der Waals surface area contributed by atoms with Crippen LogP contribution >= 0.6 is 46.3 Å². The summed E-state index contributed by atoms with van der Waals surface area (Å²) in [5.41, 5.74) is 3.22. The topological polar surface area (TPSA) is 41.5 Å². The number of nitrogens with one attached hydrogen (secondary N) is 1. The van der Waals surface area contributed by atoms with Gasteiger partial charge in [-0.05, 0) is 48.9 Å². The van der Waals surface area contributed by atoms with Gasteiger partial charge in [0.1, 0.15) is 0 Å². The van der Waals surface area contributed by atoms with Gasteiger partial charge in [-0.2, -0.15) is 0 Å². The van der Waals surface area contributed by atoms with Gasteiger partial charge < -0.3 is 5.32 Å². The molecule has 1 aromatic heterocycles. The van der Waals surface area contributed by atoms with Gasteiger partial charge in [0.2, 0.25) is 0 Å². The zero-order valence-corrected chi connectivity index (χ0v) is 18.8. The predicted molar refractivity (Wildman–Crippen MR) is 124 cm³/mol. The van der Waals surface area contributed by atoms with Crippen molar-refractivity contribution in [1.29, 1.82) is 0 Å². The van der Waals surface area contributed by atoms with Gasteiger partial charge in [-0.1, -0.05) is 54.4 Å². The van der Waals surface area contributed by atoms with Crippen molar-refractivity contribution in [3.05, 3.63) is 73.9 Å². The number of aliphatic imine (C=N–C) groups is 1. The Morgan fingerprint density at radius 3 is 2.69 bits per heavy atom. The van der Waals surface area contributed by atoms with Crippen LogP contribution in [0.1, 0.15) is 40.6 Å². The molecular formula is C22H18Cl2N2OS2. The number of rotatable bonds is 5. The highest BCUT2D eigenvalue weighted by atomic mass is 35.5. The number of benzene rings is 2. The van der Waals surface area contributed by atoms with Gasteiger partial charge >= 0.3 is 0 Å². The largest absolute Gasteiger partial charge is 0.352 e. The van der Waals surface area contributed by atoms with Gasteiger partial charge in [0.25, 0.3) is 5.91 Å². The van der Waals surface area contributed by atoms with Gasteiger partial charge in [0.05, 0.1) is 20.6 Å². The molecule has 1 aliphatic heterocycles. The first-order chi connectivity index (χ1) is 14.0. The molecule has 0 atom stereocenters. The second-order valence-electron chi connectivity index (χ2n) is 6.60. The van der Waals surface area contributed by atoms with Crippen molar-refractivity contribution in [2.45, 2.75) is 29.6 Å². The number of hydrogen-bond acceptors (Lipinski definition) is 4. The first-order valence-electron chi connectivity index (χ1n) is 9.29. The highest BCUT2D eigenvalue weighted by Crippen LogP contribution is 2.43. The molecule has 148 valence electrons. The molecule has 2 aromatic carbocycles. The van der Waals surface area contributed by atoms with Crippen molar-refractivity contribution >= 4 is 63.6 Å². The molecule has 0 radical (unpaired) electrons. The van der Waals surface area contributed by atoms with Crippen molar-refractivity contribution in [2.24, 2.45) is 4.99 Å². The molecule has 1 aliphatic rings. The Morgan fingerprint density at radius 2 is 1.93 bits per heavy atom. The van der Waals surface area contributed by atoms with Crippen LogP contribution in [0, 0.1) is 0 Å². The maximum Gasteiger partial charge on any atom is 0.251 e. The molecule has 0 aliphatic carbocycles. The molecular weight excluding hydrogens is 443 g/mol. The van der Waals surface area contributed by atoms with E-state index in [0.29, 0.717) is 21.5 Å². The average molecular weight is 461 g/mol. The molecule has 1 N–H and O–H groups in total. The Balaban J connectivity index is 1.79. The number of carbonyl (C=O) groups is 1. The fraction of sp³-hybridized carbons (Fsp3) is 0.182. The zero-order chi connectivity index (χ0) is 20.4. The molecule has 0 saturated carbocycles. The maximum absolute atomic E-state index is 12.5. The van der Waals surface area contributed by atoms with Crippen molar-refractivity contribution in [1.82, 2.24) is 5.32 Å². The summed E-state index contributed by atoms with van der Waals surface area (Å²) in [6.45, 7) is 2.77. The van der Waals surface area contributed by atoms with Crippen molar-refractivity contribution in [3.8, 4) is 0 Å². The number of unbranched alkanes of at least 4 members (excludes halogenated alkanes) is 1. The van der Waals surface area contributed by atoms with Crippen LogP contribution in [0.25, 0.3) is 0 Å². The number of nitrogens with zero attached hydrogens (tertiary/aromatic N) is 1. The summed E-state index contributed by atoms with van der Waals surface area (Å²) in [6, 6.07) is 15.3. The third-order valence-corrected chi connectivity index (χ3v) is 7.09. The summed E-state index contributed by atoms with van der Waals surface area (Å²) in [7, 11) is 0. The number of carbonyl (C=O) groups excluding carboxylic acids is 1. The van der Waals surface area contributed by atoms with Gasteiger partial charge in [0.15, 0.2) is 0 Å². The second-order valence-corrected chi connectivity index (χ2v) is 9.83. The van der Waals surface area contributed by atoms with E-state index in [1.54, 1.807) is 11.8 Å². The van der Waals surface area contributed by atoms with Crippen LogP contribution < -0.4 is 5.32 Å². The first kappa shape index (κ1) is 20.5. The van der Waals surface area contributed by atoms with E-state index in [0.717, 1.165) is 44.5 Å². The Morgan fingerprint density at radius 1 is 1.07 bits per heavy atom. The smallest absolute Gasteiger partial charge is 0.251 e. The van der Waals surface area contributed by atoms with E-state index >= 15 is 0 Å². The monoisotopic (exact) mass is 460 g/mol. The van der Waals surface area contributed by atoms with E-state index in [9.17, 15) is 4.79 Å². The van der Waals surface area contributed by atoms with Crippen molar-refractivity contribution < 1.29 is 4.79 Å². The third-order valence-electron chi connectivity index (χ3n) is 4.49. The summed E-state index contributed by atoms with van der Waals surface area (Å²) in [5, 5.41) is 3.64. The molecule has 0 unspecified atom stereocenters. The average Bonchev–Trinajstić information content (AvgIpc) is 3.06. The molecule has 4 rings (SSSR count). The Bertz CT molecular complexity index is 1110. The maximum atomic E-state index is 12.5. The Hall–Kier alpha value is -1.79. The number of thiophene rings is 1. The van der Waals surface area contributed by atoms with Gasteiger partial charge in [-0.3, -0.25) is 4.79 Å². The van der Waals surface area contributed by atoms with Gasteiger partial charge in [-0.15, -0.1) is 11.3 Å². The van der Waals surface area contributed by atoms with E-state index in [1.165, 1.54) is 11.3 Å². The minimum absolute atomic E-state index is 0.0769. The van der Waals surface area contributed by atoms with Crippen LogP contribution in [0.3, 0.4) is 0 Å². The summed E-state index contributed by atoms with van der Waals surface area (Å²) in [6.07, 6.45) is 2.00. The lowest BCUT2D eigenvalue weighted by Gasteiger charge is -2.08. The van der Waals surface area contributed by atoms with Gasteiger partial charge in [-0.25, -0.2) is 4.99 Å². The molecule has 0 saturated heterocycles. The summed E-state index contributed by atoms with van der Waals surface area (Å²) < 4.78 is 0.708. The molecule has 0 fully saturated rings. The predicted octanol–water partition coefficient (Wildman–Crippen LogP) is 7.22. The highest BCUT2D eigenvalue weighted by Gasteiger charge is 2.21. The van der Waals surface area contributed by atoms with E-state index in [2.05, 4.69) is 12.2 Å². The van der Waals surface area contributed by atoms with E-state index in [1.807, 2.05) is 48.5 Å². The standard InChI is InChI=1S/C22H18Cl2N2OS2/c1-2-3-10-25-22(27)13-4-7-17-16(11-13)26-21(18-8-9-20(24)29-18)15-6-5-14(23)12-19(15)28-17/h4-9,11-12H,2-3,10H2,1H3,(H,25,27). The Kier molecular flexibility index (Phi) is 6.30. The number of halogens is 2. The summed E-state index contributed by atoms with van der Waals surface area (Å²) in [4.78, 5) is 20.5. The normalized spacial score (nSPS) is 12.6. The van der Waals surface area contributed by atoms with Crippen molar-refractivity contribution in [3.63, 3.8) is 0 Å². The second kappa shape index (κ2) is 8.92. The SMILES string of the molecule is CCCCNC(=O)c1ccc2c(c1)N=C(c1ccc(Cl)s1)c1ccc(Cl)cc1S2. The number of hydrogen-bond donors (Lipinski definition) is 1. The van der Waals surface area contributed by atoms with E-state index in [-0.39, 0.29) is 5.91 Å².